The summed E-state index contributed by atoms with van der Waals surface area (Å²) in [6, 6.07) is 0. The van der Waals surface area contributed by atoms with Crippen molar-refractivity contribution in [3.05, 3.63) is 17.8 Å². The number of morpholine rings is 2. The number of aryl methyl sites for hydroxylation is 1. The summed E-state index contributed by atoms with van der Waals surface area (Å²) >= 11 is 0. The standard InChI is InChI=1S/C15H21FN4O3/c1-2-11-13(16)14(18-10-17-11)20-5-8-23-12(9-20)15(21)19-3-6-22-7-4-19/h10,12H,2-9H2,1H3. The number of rotatable bonds is 3. The summed E-state index contributed by atoms with van der Waals surface area (Å²) in [5.41, 5.74) is 0.387. The number of carbonyl (C=O) groups excluding carboxylic acids is 1. The summed E-state index contributed by atoms with van der Waals surface area (Å²) in [7, 11) is 0. The van der Waals surface area contributed by atoms with E-state index in [1.807, 2.05) is 6.92 Å². The Morgan fingerprint density at radius 3 is 2.83 bits per heavy atom. The predicted molar refractivity (Wildman–Crippen MR) is 80.7 cm³/mol. The maximum absolute atomic E-state index is 14.4. The average molecular weight is 324 g/mol. The van der Waals surface area contributed by atoms with Crippen LogP contribution in [0.4, 0.5) is 10.2 Å². The Hall–Kier alpha value is -1.80. The highest BCUT2D eigenvalue weighted by Gasteiger charge is 2.32. The van der Waals surface area contributed by atoms with E-state index in [1.54, 1.807) is 9.80 Å². The van der Waals surface area contributed by atoms with E-state index in [0.29, 0.717) is 58.1 Å². The average Bonchev–Trinajstić information content (AvgIpc) is 2.62. The molecule has 2 aliphatic heterocycles. The number of anilines is 1. The van der Waals surface area contributed by atoms with Crippen molar-refractivity contribution in [2.45, 2.75) is 19.4 Å². The van der Waals surface area contributed by atoms with Crippen LogP contribution in [-0.4, -0.2) is 72.9 Å². The van der Waals surface area contributed by atoms with Crippen LogP contribution in [0.15, 0.2) is 6.33 Å². The molecule has 3 rings (SSSR count). The lowest BCUT2D eigenvalue weighted by atomic mass is 10.2. The van der Waals surface area contributed by atoms with Gasteiger partial charge in [0.25, 0.3) is 5.91 Å². The van der Waals surface area contributed by atoms with Crippen LogP contribution >= 0.6 is 0 Å². The molecule has 1 amide bonds. The monoisotopic (exact) mass is 324 g/mol. The quantitative estimate of drug-likeness (QED) is 0.794. The Kier molecular flexibility index (Phi) is 5.02. The Balaban J connectivity index is 1.72. The minimum atomic E-state index is -0.596. The van der Waals surface area contributed by atoms with E-state index >= 15 is 0 Å². The second-order valence-electron chi connectivity index (χ2n) is 5.55. The van der Waals surface area contributed by atoms with Gasteiger partial charge in [0.1, 0.15) is 6.33 Å². The van der Waals surface area contributed by atoms with Crippen molar-refractivity contribution in [2.24, 2.45) is 0 Å². The van der Waals surface area contributed by atoms with E-state index in [-0.39, 0.29) is 11.7 Å². The first-order valence-corrected chi connectivity index (χ1v) is 7.93. The lowest BCUT2D eigenvalue weighted by molar-refractivity contribution is -0.148. The lowest BCUT2D eigenvalue weighted by Gasteiger charge is -2.36. The summed E-state index contributed by atoms with van der Waals surface area (Å²) in [5, 5.41) is 0. The van der Waals surface area contributed by atoms with E-state index in [1.165, 1.54) is 6.33 Å². The fourth-order valence-electron chi connectivity index (χ4n) is 2.84. The first-order chi connectivity index (χ1) is 11.2. The Labute approximate surface area is 134 Å². The van der Waals surface area contributed by atoms with Crippen LogP contribution in [0.1, 0.15) is 12.6 Å². The van der Waals surface area contributed by atoms with E-state index in [9.17, 15) is 9.18 Å². The molecule has 1 atom stereocenters. The molecule has 0 radical (unpaired) electrons. The molecule has 1 unspecified atom stereocenters. The molecule has 0 bridgehead atoms. The van der Waals surface area contributed by atoms with Gasteiger partial charge in [-0.2, -0.15) is 0 Å². The molecule has 3 heterocycles. The third-order valence-electron chi connectivity index (χ3n) is 4.14. The minimum absolute atomic E-state index is 0.0665. The maximum Gasteiger partial charge on any atom is 0.253 e. The third kappa shape index (κ3) is 3.42. The van der Waals surface area contributed by atoms with Crippen LogP contribution in [0.5, 0.6) is 0 Å². The molecule has 7 nitrogen and oxygen atoms in total. The van der Waals surface area contributed by atoms with E-state index in [4.69, 9.17) is 9.47 Å². The van der Waals surface area contributed by atoms with Gasteiger partial charge in [0, 0.05) is 19.6 Å². The molecule has 0 aromatic carbocycles. The van der Waals surface area contributed by atoms with E-state index < -0.39 is 11.9 Å². The third-order valence-corrected chi connectivity index (χ3v) is 4.14. The fraction of sp³-hybridized carbons (Fsp3) is 0.667. The molecule has 1 aromatic heterocycles. The number of carbonyl (C=O) groups is 1. The molecule has 2 aliphatic rings. The number of aromatic nitrogens is 2. The van der Waals surface area contributed by atoms with Crippen LogP contribution < -0.4 is 4.90 Å². The molecule has 1 aromatic rings. The van der Waals surface area contributed by atoms with Crippen molar-refractivity contribution in [3.8, 4) is 0 Å². The maximum atomic E-state index is 14.4. The van der Waals surface area contributed by atoms with Crippen LogP contribution in [-0.2, 0) is 20.7 Å². The zero-order chi connectivity index (χ0) is 16.2. The normalized spacial score (nSPS) is 22.3. The number of ether oxygens (including phenoxy) is 2. The van der Waals surface area contributed by atoms with Gasteiger partial charge >= 0.3 is 0 Å². The summed E-state index contributed by atoms with van der Waals surface area (Å²) in [5.74, 6) is -0.224. The molecule has 8 heteroatoms. The van der Waals surface area contributed by atoms with Gasteiger partial charge in [-0.15, -0.1) is 0 Å². The highest BCUT2D eigenvalue weighted by Crippen LogP contribution is 2.21. The molecule has 126 valence electrons. The van der Waals surface area contributed by atoms with Crippen molar-refractivity contribution in [2.75, 3.05) is 50.9 Å². The van der Waals surface area contributed by atoms with Crippen molar-refractivity contribution >= 4 is 11.7 Å². The first kappa shape index (κ1) is 16.1. The molecule has 2 fully saturated rings. The van der Waals surface area contributed by atoms with E-state index in [0.717, 1.165) is 0 Å². The summed E-state index contributed by atoms with van der Waals surface area (Å²) < 4.78 is 25.3. The van der Waals surface area contributed by atoms with Crippen molar-refractivity contribution in [1.29, 1.82) is 0 Å². The molecule has 2 saturated heterocycles. The molecule has 0 spiro atoms. The first-order valence-electron chi connectivity index (χ1n) is 7.93. The summed E-state index contributed by atoms with van der Waals surface area (Å²) in [6.07, 6.45) is 1.27. The number of nitrogens with zero attached hydrogens (tertiary/aromatic N) is 4. The SMILES string of the molecule is CCc1ncnc(N2CCOC(C(=O)N3CCOCC3)C2)c1F. The van der Waals surface area contributed by atoms with Crippen LogP contribution in [0.3, 0.4) is 0 Å². The molecule has 0 saturated carbocycles. The predicted octanol–water partition coefficient (Wildman–Crippen LogP) is 0.242. The topological polar surface area (TPSA) is 67.8 Å². The van der Waals surface area contributed by atoms with Crippen molar-refractivity contribution in [3.63, 3.8) is 0 Å². The Morgan fingerprint density at radius 1 is 1.30 bits per heavy atom. The second-order valence-corrected chi connectivity index (χ2v) is 5.55. The molecular weight excluding hydrogens is 303 g/mol. The second kappa shape index (κ2) is 7.18. The lowest BCUT2D eigenvalue weighted by Crippen LogP contribution is -2.53. The fourth-order valence-corrected chi connectivity index (χ4v) is 2.84. The van der Waals surface area contributed by atoms with Crippen molar-refractivity contribution in [1.82, 2.24) is 14.9 Å². The van der Waals surface area contributed by atoms with Gasteiger partial charge in [-0.05, 0) is 6.42 Å². The van der Waals surface area contributed by atoms with Crippen molar-refractivity contribution < 1.29 is 18.7 Å². The molecule has 23 heavy (non-hydrogen) atoms. The van der Waals surface area contributed by atoms with Gasteiger partial charge in [-0.3, -0.25) is 4.79 Å². The minimum Gasteiger partial charge on any atom is -0.378 e. The van der Waals surface area contributed by atoms with Crippen LogP contribution in [0.25, 0.3) is 0 Å². The number of hydrogen-bond acceptors (Lipinski definition) is 6. The van der Waals surface area contributed by atoms with Crippen LogP contribution in [0.2, 0.25) is 0 Å². The van der Waals surface area contributed by atoms with Gasteiger partial charge in [-0.25, -0.2) is 14.4 Å². The van der Waals surface area contributed by atoms with Gasteiger partial charge < -0.3 is 19.3 Å². The molecule has 0 aliphatic carbocycles. The highest BCUT2D eigenvalue weighted by molar-refractivity contribution is 5.82. The number of amides is 1. The van der Waals surface area contributed by atoms with Gasteiger partial charge in [0.2, 0.25) is 0 Å². The van der Waals surface area contributed by atoms with E-state index in [2.05, 4.69) is 9.97 Å². The molecule has 0 N–H and O–H groups in total. The number of hydrogen-bond donors (Lipinski definition) is 0. The Bertz CT molecular complexity index is 566. The highest BCUT2D eigenvalue weighted by atomic mass is 19.1. The summed E-state index contributed by atoms with van der Waals surface area (Å²) in [4.78, 5) is 24.0. The smallest absolute Gasteiger partial charge is 0.253 e. The van der Waals surface area contributed by atoms with Gasteiger partial charge in [-0.1, -0.05) is 6.92 Å². The number of halogens is 1. The zero-order valence-electron chi connectivity index (χ0n) is 13.2. The summed E-state index contributed by atoms with van der Waals surface area (Å²) in [6.45, 7) is 5.24. The van der Waals surface area contributed by atoms with Gasteiger partial charge in [0.05, 0.1) is 32.1 Å². The Morgan fingerprint density at radius 2 is 2.09 bits per heavy atom. The zero-order valence-corrected chi connectivity index (χ0v) is 13.2. The van der Waals surface area contributed by atoms with Crippen LogP contribution in [0, 0.1) is 5.82 Å². The largest absolute Gasteiger partial charge is 0.378 e. The molecular formula is C15H21FN4O3. The van der Waals surface area contributed by atoms with Gasteiger partial charge in [0.15, 0.2) is 17.7 Å².